The molecule has 0 fully saturated rings. The molecule has 6 nitrogen and oxygen atoms in total. The van der Waals surface area contributed by atoms with E-state index >= 15 is 0 Å². The number of carbonyl (C=O) groups excluding carboxylic acids is 1. The Morgan fingerprint density at radius 3 is 2.50 bits per heavy atom. The van der Waals surface area contributed by atoms with Crippen molar-refractivity contribution in [3.63, 3.8) is 0 Å². The molecule has 1 amide bonds. The van der Waals surface area contributed by atoms with Crippen molar-refractivity contribution in [2.24, 2.45) is 0 Å². The van der Waals surface area contributed by atoms with Gasteiger partial charge in [0.15, 0.2) is 16.6 Å². The lowest BCUT2D eigenvalue weighted by atomic mass is 10.1. The molecule has 0 saturated heterocycles. The highest BCUT2D eigenvalue weighted by atomic mass is 32.1. The van der Waals surface area contributed by atoms with Crippen molar-refractivity contribution < 1.29 is 23.0 Å². The molecule has 9 heteroatoms. The van der Waals surface area contributed by atoms with Gasteiger partial charge in [0.05, 0.1) is 10.2 Å². The molecule has 0 spiro atoms. The molecule has 0 bridgehead atoms. The van der Waals surface area contributed by atoms with Crippen LogP contribution in [0.25, 0.3) is 10.2 Å². The van der Waals surface area contributed by atoms with Crippen LogP contribution in [-0.2, 0) is 0 Å². The number of carbonyl (C=O) groups is 1. The van der Waals surface area contributed by atoms with Crippen LogP contribution in [0.2, 0.25) is 0 Å². The fraction of sp³-hybridized carbons (Fsp3) is 0.263. The Morgan fingerprint density at radius 1 is 1.14 bits per heavy atom. The molecule has 2 heterocycles. The van der Waals surface area contributed by atoms with E-state index in [-0.39, 0.29) is 13.3 Å². The van der Waals surface area contributed by atoms with Crippen LogP contribution in [-0.4, -0.2) is 49.8 Å². The number of nitrogens with zero attached hydrogens (tertiary/aromatic N) is 3. The number of fused-ring (bicyclic) bond motifs is 2. The van der Waals surface area contributed by atoms with Gasteiger partial charge in [0.1, 0.15) is 17.2 Å². The Hall–Kier alpha value is -2.78. The Kier molecular flexibility index (Phi) is 4.86. The van der Waals surface area contributed by atoms with Crippen LogP contribution in [0.15, 0.2) is 30.3 Å². The van der Waals surface area contributed by atoms with Crippen LogP contribution < -0.4 is 14.4 Å². The molecule has 3 aromatic rings. The van der Waals surface area contributed by atoms with Crippen molar-refractivity contribution in [1.82, 2.24) is 9.88 Å². The topological polar surface area (TPSA) is 54.9 Å². The minimum atomic E-state index is -0.901. The van der Waals surface area contributed by atoms with Gasteiger partial charge in [0.2, 0.25) is 6.79 Å². The highest BCUT2D eigenvalue weighted by Crippen LogP contribution is 2.40. The second-order valence-electron chi connectivity index (χ2n) is 6.53. The molecular formula is C19H17F2N3O3S. The molecular weight excluding hydrogens is 388 g/mol. The maximum absolute atomic E-state index is 14.2. The molecule has 1 aliphatic heterocycles. The number of halogens is 2. The van der Waals surface area contributed by atoms with Gasteiger partial charge in [-0.25, -0.2) is 13.8 Å². The van der Waals surface area contributed by atoms with Crippen molar-refractivity contribution >= 4 is 32.6 Å². The van der Waals surface area contributed by atoms with E-state index in [1.165, 1.54) is 22.3 Å². The van der Waals surface area contributed by atoms with Gasteiger partial charge in [-0.15, -0.1) is 0 Å². The lowest BCUT2D eigenvalue weighted by molar-refractivity contribution is 0.0977. The van der Waals surface area contributed by atoms with E-state index in [0.717, 1.165) is 16.8 Å². The number of aromatic nitrogens is 1. The number of amides is 1. The Labute approximate surface area is 163 Å². The van der Waals surface area contributed by atoms with E-state index in [9.17, 15) is 13.6 Å². The van der Waals surface area contributed by atoms with E-state index in [4.69, 9.17) is 9.47 Å². The first kappa shape index (κ1) is 18.6. The minimum Gasteiger partial charge on any atom is -0.454 e. The summed E-state index contributed by atoms with van der Waals surface area (Å²) in [5, 5.41) is 0.355. The summed E-state index contributed by atoms with van der Waals surface area (Å²) in [5.41, 5.74) is 0.0376. The number of hydrogen-bond donors (Lipinski definition) is 0. The molecule has 0 atom stereocenters. The second kappa shape index (κ2) is 7.33. The van der Waals surface area contributed by atoms with Crippen LogP contribution in [0.5, 0.6) is 11.5 Å². The molecule has 1 aromatic heterocycles. The summed E-state index contributed by atoms with van der Waals surface area (Å²) in [4.78, 5) is 20.7. The summed E-state index contributed by atoms with van der Waals surface area (Å²) in [7, 11) is 3.70. The summed E-state index contributed by atoms with van der Waals surface area (Å²) >= 11 is 1.25. The number of hydrogen-bond acceptors (Lipinski definition) is 6. The van der Waals surface area contributed by atoms with Crippen LogP contribution in [0, 0.1) is 11.6 Å². The van der Waals surface area contributed by atoms with E-state index < -0.39 is 23.1 Å². The molecule has 0 radical (unpaired) electrons. The average Bonchev–Trinajstić information content (AvgIpc) is 3.25. The van der Waals surface area contributed by atoms with Crippen molar-refractivity contribution in [3.05, 3.63) is 47.5 Å². The SMILES string of the molecule is CN(C)CCN(C(=O)c1c(F)cccc1F)c1nc2cc3c(cc2s1)OCO3. The van der Waals surface area contributed by atoms with E-state index in [0.29, 0.717) is 28.7 Å². The number of thiazole rings is 1. The number of anilines is 1. The van der Waals surface area contributed by atoms with Gasteiger partial charge in [-0.05, 0) is 26.2 Å². The second-order valence-corrected chi connectivity index (χ2v) is 7.54. The molecule has 0 unspecified atom stereocenters. The maximum atomic E-state index is 14.2. The first-order chi connectivity index (χ1) is 13.4. The van der Waals surface area contributed by atoms with Crippen molar-refractivity contribution in [3.8, 4) is 11.5 Å². The van der Waals surface area contributed by atoms with E-state index in [2.05, 4.69) is 4.98 Å². The summed E-state index contributed by atoms with van der Waals surface area (Å²) in [6, 6.07) is 6.88. The first-order valence-corrected chi connectivity index (χ1v) is 9.36. The lowest BCUT2D eigenvalue weighted by Crippen LogP contribution is -2.37. The molecule has 4 rings (SSSR count). The zero-order valence-corrected chi connectivity index (χ0v) is 16.1. The smallest absolute Gasteiger partial charge is 0.266 e. The zero-order chi connectivity index (χ0) is 19.8. The van der Waals surface area contributed by atoms with Crippen molar-refractivity contribution in [1.29, 1.82) is 0 Å². The highest BCUT2D eigenvalue weighted by Gasteiger charge is 2.27. The normalized spacial score (nSPS) is 12.8. The van der Waals surface area contributed by atoms with E-state index in [1.807, 2.05) is 19.0 Å². The van der Waals surface area contributed by atoms with Gasteiger partial charge in [-0.1, -0.05) is 17.4 Å². The maximum Gasteiger partial charge on any atom is 0.266 e. The lowest BCUT2D eigenvalue weighted by Gasteiger charge is -2.22. The zero-order valence-electron chi connectivity index (χ0n) is 15.2. The van der Waals surface area contributed by atoms with Gasteiger partial charge in [0.25, 0.3) is 5.91 Å². The Balaban J connectivity index is 1.75. The Morgan fingerprint density at radius 2 is 1.82 bits per heavy atom. The van der Waals surface area contributed by atoms with Gasteiger partial charge in [-0.2, -0.15) is 0 Å². The molecule has 0 aliphatic carbocycles. The number of ether oxygens (including phenoxy) is 2. The van der Waals surface area contributed by atoms with Crippen LogP contribution in [0.3, 0.4) is 0 Å². The fourth-order valence-corrected chi connectivity index (χ4v) is 3.84. The number of likely N-dealkylation sites (N-methyl/N-ethyl adjacent to an activating group) is 1. The third-order valence-corrected chi connectivity index (χ3v) is 5.34. The average molecular weight is 405 g/mol. The van der Waals surface area contributed by atoms with E-state index in [1.54, 1.807) is 12.1 Å². The predicted octanol–water partition coefficient (Wildman–Crippen LogP) is 3.51. The van der Waals surface area contributed by atoms with Crippen LogP contribution in [0.4, 0.5) is 13.9 Å². The minimum absolute atomic E-state index is 0.152. The van der Waals surface area contributed by atoms with Gasteiger partial charge in [-0.3, -0.25) is 9.69 Å². The molecule has 1 aliphatic rings. The van der Waals surface area contributed by atoms with Crippen molar-refractivity contribution in [2.75, 3.05) is 38.9 Å². The highest BCUT2D eigenvalue weighted by molar-refractivity contribution is 7.22. The third kappa shape index (κ3) is 3.38. The predicted molar refractivity (Wildman–Crippen MR) is 102 cm³/mol. The Bertz CT molecular complexity index is 993. The van der Waals surface area contributed by atoms with Crippen LogP contribution in [0.1, 0.15) is 10.4 Å². The largest absolute Gasteiger partial charge is 0.454 e. The van der Waals surface area contributed by atoms with Crippen molar-refractivity contribution in [2.45, 2.75) is 0 Å². The molecule has 28 heavy (non-hydrogen) atoms. The standard InChI is InChI=1S/C19H17F2N3O3S/c1-23(2)6-7-24(18(25)17-11(20)4-3-5-12(17)21)19-22-13-8-14-15(27-10-26-14)9-16(13)28-19/h3-5,8-9H,6-7,10H2,1-2H3. The quantitative estimate of drug-likeness (QED) is 0.650. The fourth-order valence-electron chi connectivity index (χ4n) is 2.84. The third-order valence-electron chi connectivity index (χ3n) is 4.30. The van der Waals surface area contributed by atoms with Gasteiger partial charge in [0, 0.05) is 25.2 Å². The van der Waals surface area contributed by atoms with Gasteiger partial charge < -0.3 is 14.4 Å². The molecule has 2 aromatic carbocycles. The summed E-state index contributed by atoms with van der Waals surface area (Å²) < 4.78 is 39.9. The molecule has 0 N–H and O–H groups in total. The molecule has 146 valence electrons. The number of benzene rings is 2. The van der Waals surface area contributed by atoms with Crippen LogP contribution >= 0.6 is 11.3 Å². The molecule has 0 saturated carbocycles. The monoisotopic (exact) mass is 405 g/mol. The summed E-state index contributed by atoms with van der Waals surface area (Å²) in [5.74, 6) is -1.38. The number of rotatable bonds is 5. The summed E-state index contributed by atoms with van der Waals surface area (Å²) in [6.45, 7) is 0.881. The first-order valence-electron chi connectivity index (χ1n) is 8.55. The summed E-state index contributed by atoms with van der Waals surface area (Å²) in [6.07, 6.45) is 0. The van der Waals surface area contributed by atoms with Gasteiger partial charge >= 0.3 is 0 Å².